The first-order chi connectivity index (χ1) is 8.06. The van der Waals surface area contributed by atoms with Gasteiger partial charge in [-0.1, -0.05) is 0 Å². The Kier molecular flexibility index (Phi) is 4.47. The molecule has 0 aliphatic rings. The molecule has 1 rings (SSSR count). The predicted molar refractivity (Wildman–Crippen MR) is 64.8 cm³/mol. The zero-order valence-electron chi connectivity index (χ0n) is 9.74. The zero-order chi connectivity index (χ0) is 12.8. The third-order valence-corrected chi connectivity index (χ3v) is 2.00. The van der Waals surface area contributed by atoms with Gasteiger partial charge in [0.25, 0.3) is 5.91 Å². The lowest BCUT2D eigenvalue weighted by Crippen LogP contribution is -2.20. The molecule has 6 nitrogen and oxygen atoms in total. The van der Waals surface area contributed by atoms with Crippen LogP contribution < -0.4 is 16.4 Å². The lowest BCUT2D eigenvalue weighted by atomic mass is 10.1. The molecule has 4 N–H and O–H groups in total. The number of nitrogen functional groups attached to an aromatic ring is 1. The van der Waals surface area contributed by atoms with E-state index in [4.69, 9.17) is 5.73 Å². The second-order valence-corrected chi connectivity index (χ2v) is 3.40. The number of benzene rings is 1. The van der Waals surface area contributed by atoms with Crippen LogP contribution in [0.1, 0.15) is 10.4 Å². The van der Waals surface area contributed by atoms with Gasteiger partial charge in [0.2, 0.25) is 5.91 Å². The van der Waals surface area contributed by atoms with Gasteiger partial charge in [0.15, 0.2) is 0 Å². The minimum absolute atomic E-state index is 0.0515. The van der Waals surface area contributed by atoms with Crippen molar-refractivity contribution >= 4 is 23.2 Å². The summed E-state index contributed by atoms with van der Waals surface area (Å²) in [6.45, 7) is -0.0515. The highest BCUT2D eigenvalue weighted by Crippen LogP contribution is 2.16. The molecule has 0 fully saturated rings. The number of hydrogen-bond donors (Lipinski definition) is 3. The average Bonchev–Trinajstić information content (AvgIpc) is 2.27. The highest BCUT2D eigenvalue weighted by atomic mass is 16.5. The highest BCUT2D eigenvalue weighted by Gasteiger charge is 2.08. The highest BCUT2D eigenvalue weighted by molar-refractivity contribution is 5.98. The van der Waals surface area contributed by atoms with Crippen LogP contribution in [0.3, 0.4) is 0 Å². The molecule has 0 unspecified atom stereocenters. The third-order valence-electron chi connectivity index (χ3n) is 2.00. The number of hydrogen-bond acceptors (Lipinski definition) is 4. The Hall–Kier alpha value is -2.08. The van der Waals surface area contributed by atoms with E-state index in [1.165, 1.54) is 20.2 Å². The number of methoxy groups -OCH3 is 1. The average molecular weight is 237 g/mol. The van der Waals surface area contributed by atoms with Crippen LogP contribution >= 0.6 is 0 Å². The SMILES string of the molecule is CNC(=O)c1cc(N)cc(NC(=O)COC)c1. The largest absolute Gasteiger partial charge is 0.399 e. The molecule has 0 saturated heterocycles. The van der Waals surface area contributed by atoms with Crippen molar-refractivity contribution in [2.24, 2.45) is 0 Å². The maximum absolute atomic E-state index is 11.4. The van der Waals surface area contributed by atoms with Crippen LogP contribution in [0.4, 0.5) is 11.4 Å². The fraction of sp³-hybridized carbons (Fsp3) is 0.273. The Morgan fingerprint density at radius 1 is 1.35 bits per heavy atom. The molecular weight excluding hydrogens is 222 g/mol. The fourth-order valence-electron chi connectivity index (χ4n) is 1.33. The van der Waals surface area contributed by atoms with Gasteiger partial charge in [-0.25, -0.2) is 0 Å². The number of rotatable bonds is 4. The number of nitrogens with one attached hydrogen (secondary N) is 2. The molecule has 0 aromatic heterocycles. The summed E-state index contributed by atoms with van der Waals surface area (Å²) >= 11 is 0. The lowest BCUT2D eigenvalue weighted by Gasteiger charge is -2.08. The monoisotopic (exact) mass is 237 g/mol. The van der Waals surface area contributed by atoms with Gasteiger partial charge < -0.3 is 21.1 Å². The van der Waals surface area contributed by atoms with Crippen LogP contribution in [-0.2, 0) is 9.53 Å². The topological polar surface area (TPSA) is 93.5 Å². The van der Waals surface area contributed by atoms with Gasteiger partial charge >= 0.3 is 0 Å². The Balaban J connectivity index is 2.89. The number of carbonyl (C=O) groups is 2. The van der Waals surface area contributed by atoms with Crippen LogP contribution in [0, 0.1) is 0 Å². The molecule has 2 amide bonds. The normalized spacial score (nSPS) is 9.76. The fourth-order valence-corrected chi connectivity index (χ4v) is 1.33. The smallest absolute Gasteiger partial charge is 0.251 e. The number of carbonyl (C=O) groups excluding carboxylic acids is 2. The molecule has 0 aliphatic heterocycles. The number of anilines is 2. The van der Waals surface area contributed by atoms with E-state index in [2.05, 4.69) is 15.4 Å². The van der Waals surface area contributed by atoms with Crippen molar-refractivity contribution in [3.63, 3.8) is 0 Å². The minimum atomic E-state index is -0.305. The molecule has 0 atom stereocenters. The summed E-state index contributed by atoms with van der Waals surface area (Å²) in [5.41, 5.74) is 6.89. The van der Waals surface area contributed by atoms with E-state index in [1.54, 1.807) is 12.1 Å². The second-order valence-electron chi connectivity index (χ2n) is 3.40. The molecule has 92 valence electrons. The minimum Gasteiger partial charge on any atom is -0.399 e. The van der Waals surface area contributed by atoms with E-state index in [-0.39, 0.29) is 18.4 Å². The summed E-state index contributed by atoms with van der Waals surface area (Å²) in [5.74, 6) is -0.569. The van der Waals surface area contributed by atoms with E-state index in [0.717, 1.165) is 0 Å². The van der Waals surface area contributed by atoms with Crippen LogP contribution in [0.2, 0.25) is 0 Å². The molecule has 0 radical (unpaired) electrons. The van der Waals surface area contributed by atoms with Crippen LogP contribution in [-0.4, -0.2) is 32.6 Å². The third kappa shape index (κ3) is 3.76. The standard InChI is InChI=1S/C11H15N3O3/c1-13-11(16)7-3-8(12)5-9(4-7)14-10(15)6-17-2/h3-5H,6,12H2,1-2H3,(H,13,16)(H,14,15). The van der Waals surface area contributed by atoms with Gasteiger partial charge in [-0.15, -0.1) is 0 Å². The number of ether oxygens (including phenoxy) is 1. The van der Waals surface area contributed by atoms with E-state index in [9.17, 15) is 9.59 Å². The summed E-state index contributed by atoms with van der Waals surface area (Å²) in [6, 6.07) is 4.65. The molecule has 6 heteroatoms. The summed E-state index contributed by atoms with van der Waals surface area (Å²) in [6.07, 6.45) is 0. The van der Waals surface area contributed by atoms with Crippen molar-refractivity contribution in [1.82, 2.24) is 5.32 Å². The summed E-state index contributed by atoms with van der Waals surface area (Å²) in [5, 5.41) is 5.06. The Morgan fingerprint density at radius 3 is 2.65 bits per heavy atom. The van der Waals surface area contributed by atoms with Crippen molar-refractivity contribution in [1.29, 1.82) is 0 Å². The van der Waals surface area contributed by atoms with E-state index < -0.39 is 0 Å². The molecule has 17 heavy (non-hydrogen) atoms. The Labute approximate surface area is 99.1 Å². The van der Waals surface area contributed by atoms with Gasteiger partial charge in [0, 0.05) is 31.1 Å². The van der Waals surface area contributed by atoms with Crippen molar-refractivity contribution in [3.8, 4) is 0 Å². The first-order valence-corrected chi connectivity index (χ1v) is 4.98. The van der Waals surface area contributed by atoms with Gasteiger partial charge in [-0.3, -0.25) is 9.59 Å². The van der Waals surface area contributed by atoms with E-state index in [1.807, 2.05) is 0 Å². The Morgan fingerprint density at radius 2 is 2.06 bits per heavy atom. The van der Waals surface area contributed by atoms with Gasteiger partial charge in [0.05, 0.1) is 0 Å². The van der Waals surface area contributed by atoms with Crippen molar-refractivity contribution < 1.29 is 14.3 Å². The molecule has 0 bridgehead atoms. The van der Waals surface area contributed by atoms with Gasteiger partial charge in [-0.05, 0) is 18.2 Å². The molecule has 0 saturated carbocycles. The number of amides is 2. The molecule has 1 aromatic carbocycles. The summed E-state index contributed by atoms with van der Waals surface area (Å²) in [7, 11) is 2.95. The summed E-state index contributed by atoms with van der Waals surface area (Å²) < 4.78 is 4.68. The van der Waals surface area contributed by atoms with Crippen molar-refractivity contribution in [2.75, 3.05) is 31.8 Å². The molecular formula is C11H15N3O3. The second kappa shape index (κ2) is 5.86. The Bertz CT molecular complexity index is 432. The van der Waals surface area contributed by atoms with Gasteiger partial charge in [-0.2, -0.15) is 0 Å². The zero-order valence-corrected chi connectivity index (χ0v) is 9.74. The van der Waals surface area contributed by atoms with Crippen LogP contribution in [0.5, 0.6) is 0 Å². The van der Waals surface area contributed by atoms with Crippen molar-refractivity contribution in [3.05, 3.63) is 23.8 Å². The van der Waals surface area contributed by atoms with Crippen molar-refractivity contribution in [2.45, 2.75) is 0 Å². The molecule has 0 heterocycles. The van der Waals surface area contributed by atoms with Gasteiger partial charge in [0.1, 0.15) is 6.61 Å². The maximum Gasteiger partial charge on any atom is 0.251 e. The first-order valence-electron chi connectivity index (χ1n) is 4.98. The predicted octanol–water partition coefficient (Wildman–Crippen LogP) is 0.213. The quantitative estimate of drug-likeness (QED) is 0.653. The molecule has 1 aromatic rings. The van der Waals surface area contributed by atoms with E-state index in [0.29, 0.717) is 16.9 Å². The maximum atomic E-state index is 11.4. The van der Waals surface area contributed by atoms with E-state index >= 15 is 0 Å². The lowest BCUT2D eigenvalue weighted by molar-refractivity contribution is -0.119. The molecule has 0 aliphatic carbocycles. The first kappa shape index (κ1) is 13.0. The van der Waals surface area contributed by atoms with Crippen LogP contribution in [0.25, 0.3) is 0 Å². The summed E-state index contributed by atoms with van der Waals surface area (Å²) in [4.78, 5) is 22.7. The molecule has 0 spiro atoms. The number of nitrogens with two attached hydrogens (primary N) is 1. The van der Waals surface area contributed by atoms with Crippen LogP contribution in [0.15, 0.2) is 18.2 Å².